The van der Waals surface area contributed by atoms with E-state index in [1.807, 2.05) is 0 Å². The number of anilines is 2. The third-order valence-corrected chi connectivity index (χ3v) is 2.52. The van der Waals surface area contributed by atoms with Gasteiger partial charge in [-0.15, -0.1) is 0 Å². The number of nitrogens with one attached hydrogen (secondary N) is 1. The van der Waals surface area contributed by atoms with Crippen molar-refractivity contribution in [1.82, 2.24) is 4.98 Å². The monoisotopic (exact) mass is 266 g/mol. The van der Waals surface area contributed by atoms with Crippen LogP contribution in [0.4, 0.5) is 15.8 Å². The number of benzene rings is 1. The van der Waals surface area contributed by atoms with Gasteiger partial charge < -0.3 is 10.4 Å². The third kappa shape index (κ3) is 2.75. The van der Waals surface area contributed by atoms with Crippen molar-refractivity contribution in [2.24, 2.45) is 0 Å². The fraction of sp³-hybridized carbons (Fsp3) is 0. The molecule has 0 unspecified atom stereocenters. The predicted octanol–water partition coefficient (Wildman–Crippen LogP) is 3.32. The third-order valence-electron chi connectivity index (χ3n) is 2.19. The van der Waals surface area contributed by atoms with Gasteiger partial charge in [-0.2, -0.15) is 0 Å². The standard InChI is InChI=1S/C12H8ClFN2O2/c13-9-3-1-7(14)5-11(9)16-8-2-4-10(12(17)18)15-6-8/h1-6,16H,(H,17,18). The Morgan fingerprint density at radius 2 is 2.11 bits per heavy atom. The van der Waals surface area contributed by atoms with Crippen LogP contribution in [0.2, 0.25) is 5.02 Å². The second kappa shape index (κ2) is 5.01. The lowest BCUT2D eigenvalue weighted by molar-refractivity contribution is 0.0690. The molecule has 2 N–H and O–H groups in total. The summed E-state index contributed by atoms with van der Waals surface area (Å²) in [5.41, 5.74) is 0.847. The average Bonchev–Trinajstić information content (AvgIpc) is 2.34. The lowest BCUT2D eigenvalue weighted by Crippen LogP contribution is -2.00. The Balaban J connectivity index is 2.23. The number of carboxylic acid groups (broad SMARTS) is 1. The Bertz CT molecular complexity index is 587. The van der Waals surface area contributed by atoms with E-state index < -0.39 is 11.8 Å². The van der Waals surface area contributed by atoms with Crippen molar-refractivity contribution >= 4 is 28.9 Å². The van der Waals surface area contributed by atoms with Crippen molar-refractivity contribution in [2.45, 2.75) is 0 Å². The molecule has 0 aliphatic rings. The van der Waals surface area contributed by atoms with Gasteiger partial charge in [0.2, 0.25) is 0 Å². The number of rotatable bonds is 3. The van der Waals surface area contributed by atoms with Gasteiger partial charge in [0.25, 0.3) is 0 Å². The lowest BCUT2D eigenvalue weighted by atomic mass is 10.3. The first-order valence-corrected chi connectivity index (χ1v) is 5.35. The molecule has 0 saturated heterocycles. The first kappa shape index (κ1) is 12.3. The number of nitrogens with zero attached hydrogens (tertiary/aromatic N) is 1. The summed E-state index contributed by atoms with van der Waals surface area (Å²) in [6.07, 6.45) is 1.34. The summed E-state index contributed by atoms with van der Waals surface area (Å²) < 4.78 is 13.0. The number of hydrogen-bond acceptors (Lipinski definition) is 3. The number of carbonyl (C=O) groups is 1. The van der Waals surface area contributed by atoms with Gasteiger partial charge in [0.1, 0.15) is 11.5 Å². The highest BCUT2D eigenvalue weighted by Crippen LogP contribution is 2.25. The van der Waals surface area contributed by atoms with Crippen LogP contribution in [-0.2, 0) is 0 Å². The fourth-order valence-electron chi connectivity index (χ4n) is 1.34. The lowest BCUT2D eigenvalue weighted by Gasteiger charge is -2.08. The molecule has 2 rings (SSSR count). The number of carboxylic acids is 1. The normalized spacial score (nSPS) is 10.1. The molecule has 0 bridgehead atoms. The van der Waals surface area contributed by atoms with Crippen molar-refractivity contribution in [1.29, 1.82) is 0 Å². The van der Waals surface area contributed by atoms with Crippen molar-refractivity contribution < 1.29 is 14.3 Å². The fourth-order valence-corrected chi connectivity index (χ4v) is 1.51. The molecule has 1 aromatic carbocycles. The summed E-state index contributed by atoms with van der Waals surface area (Å²) in [5.74, 6) is -1.53. The summed E-state index contributed by atoms with van der Waals surface area (Å²) >= 11 is 5.88. The van der Waals surface area contributed by atoms with Crippen LogP contribution in [0.1, 0.15) is 10.5 Å². The van der Waals surface area contributed by atoms with Gasteiger partial charge in [0, 0.05) is 0 Å². The van der Waals surface area contributed by atoms with E-state index in [4.69, 9.17) is 16.7 Å². The van der Waals surface area contributed by atoms with Crippen LogP contribution in [0.3, 0.4) is 0 Å². The molecule has 0 spiro atoms. The van der Waals surface area contributed by atoms with E-state index in [1.165, 1.54) is 36.5 Å². The molecule has 0 atom stereocenters. The maximum atomic E-state index is 13.0. The van der Waals surface area contributed by atoms with E-state index >= 15 is 0 Å². The highest BCUT2D eigenvalue weighted by Gasteiger charge is 2.05. The van der Waals surface area contributed by atoms with Crippen LogP contribution in [0.15, 0.2) is 36.5 Å². The van der Waals surface area contributed by atoms with Crippen molar-refractivity contribution in [2.75, 3.05) is 5.32 Å². The van der Waals surface area contributed by atoms with Gasteiger partial charge in [0.05, 0.1) is 22.6 Å². The maximum absolute atomic E-state index is 13.0. The molecule has 0 saturated carbocycles. The first-order valence-electron chi connectivity index (χ1n) is 4.97. The van der Waals surface area contributed by atoms with E-state index in [1.54, 1.807) is 0 Å². The Hall–Kier alpha value is -2.14. The highest BCUT2D eigenvalue weighted by molar-refractivity contribution is 6.33. The van der Waals surface area contributed by atoms with Gasteiger partial charge in [-0.1, -0.05) is 11.6 Å². The summed E-state index contributed by atoms with van der Waals surface area (Å²) in [7, 11) is 0. The minimum atomic E-state index is -1.11. The number of aromatic carboxylic acids is 1. The Kier molecular flexibility index (Phi) is 3.43. The van der Waals surface area contributed by atoms with Gasteiger partial charge in [0.15, 0.2) is 0 Å². The average molecular weight is 267 g/mol. The summed E-state index contributed by atoms with van der Waals surface area (Å²) in [6.45, 7) is 0. The van der Waals surface area contributed by atoms with Crippen molar-refractivity contribution in [3.63, 3.8) is 0 Å². The molecule has 6 heteroatoms. The SMILES string of the molecule is O=C(O)c1ccc(Nc2cc(F)ccc2Cl)cn1. The number of pyridine rings is 1. The van der Waals surface area contributed by atoms with E-state index in [9.17, 15) is 9.18 Å². The number of halogens is 2. The minimum absolute atomic E-state index is 0.0640. The zero-order chi connectivity index (χ0) is 13.1. The summed E-state index contributed by atoms with van der Waals surface area (Å²) in [4.78, 5) is 14.3. The smallest absolute Gasteiger partial charge is 0.354 e. The molecule has 0 radical (unpaired) electrons. The largest absolute Gasteiger partial charge is 0.477 e. The van der Waals surface area contributed by atoms with Gasteiger partial charge in [-0.25, -0.2) is 14.2 Å². The molecule has 0 aliphatic carbocycles. The second-order valence-corrected chi connectivity index (χ2v) is 3.89. The van der Waals surface area contributed by atoms with E-state index in [0.717, 1.165) is 0 Å². The van der Waals surface area contributed by atoms with E-state index in [-0.39, 0.29) is 5.69 Å². The molecular formula is C12H8ClFN2O2. The van der Waals surface area contributed by atoms with Crippen molar-refractivity contribution in [3.8, 4) is 0 Å². The van der Waals surface area contributed by atoms with Gasteiger partial charge in [-0.05, 0) is 30.3 Å². The zero-order valence-electron chi connectivity index (χ0n) is 9.02. The second-order valence-electron chi connectivity index (χ2n) is 3.49. The molecule has 0 amide bonds. The van der Waals surface area contributed by atoms with Gasteiger partial charge >= 0.3 is 5.97 Å². The molecule has 4 nitrogen and oxygen atoms in total. The van der Waals surface area contributed by atoms with Crippen LogP contribution in [-0.4, -0.2) is 16.1 Å². The molecule has 18 heavy (non-hydrogen) atoms. The minimum Gasteiger partial charge on any atom is -0.477 e. The number of aromatic nitrogens is 1. The molecule has 0 fully saturated rings. The van der Waals surface area contributed by atoms with Crippen LogP contribution >= 0.6 is 11.6 Å². The molecule has 92 valence electrons. The molecular weight excluding hydrogens is 259 g/mol. The van der Waals surface area contributed by atoms with Crippen LogP contribution in [0, 0.1) is 5.82 Å². The van der Waals surface area contributed by atoms with Gasteiger partial charge in [-0.3, -0.25) is 0 Å². The van der Waals surface area contributed by atoms with Crippen LogP contribution < -0.4 is 5.32 Å². The topological polar surface area (TPSA) is 62.2 Å². The quantitative estimate of drug-likeness (QED) is 0.895. The summed E-state index contributed by atoms with van der Waals surface area (Å²) in [6, 6.07) is 6.79. The Labute approximate surface area is 107 Å². The Morgan fingerprint density at radius 1 is 1.33 bits per heavy atom. The van der Waals surface area contributed by atoms with E-state index in [2.05, 4.69) is 10.3 Å². The highest BCUT2D eigenvalue weighted by atomic mass is 35.5. The Morgan fingerprint density at radius 3 is 2.72 bits per heavy atom. The predicted molar refractivity (Wildman–Crippen MR) is 65.9 cm³/mol. The molecule has 2 aromatic rings. The molecule has 1 heterocycles. The van der Waals surface area contributed by atoms with Crippen LogP contribution in [0.25, 0.3) is 0 Å². The first-order chi connectivity index (χ1) is 8.56. The van der Waals surface area contributed by atoms with E-state index in [0.29, 0.717) is 16.4 Å². The maximum Gasteiger partial charge on any atom is 0.354 e. The zero-order valence-corrected chi connectivity index (χ0v) is 9.78. The van der Waals surface area contributed by atoms with Crippen molar-refractivity contribution in [3.05, 3.63) is 53.1 Å². The molecule has 1 aromatic heterocycles. The summed E-state index contributed by atoms with van der Waals surface area (Å²) in [5, 5.41) is 11.9. The number of hydrogen-bond donors (Lipinski definition) is 2. The molecule has 0 aliphatic heterocycles. The van der Waals surface area contributed by atoms with Crippen LogP contribution in [0.5, 0.6) is 0 Å².